The maximum Gasteiger partial charge on any atom is 0.119 e. The molecule has 1 atom stereocenters. The van der Waals surface area contributed by atoms with Gasteiger partial charge in [-0.25, -0.2) is 0 Å². The fourth-order valence-corrected chi connectivity index (χ4v) is 2.31. The van der Waals surface area contributed by atoms with E-state index in [1.807, 2.05) is 18.2 Å². The quantitative estimate of drug-likeness (QED) is 0.826. The summed E-state index contributed by atoms with van der Waals surface area (Å²) in [6.45, 7) is 2.07. The molecule has 2 rings (SSSR count). The second-order valence-electron chi connectivity index (χ2n) is 4.76. The van der Waals surface area contributed by atoms with E-state index in [1.54, 1.807) is 7.11 Å². The molecular formula is C14H20O2. The molecule has 0 amide bonds. The van der Waals surface area contributed by atoms with E-state index < -0.39 is 5.60 Å². The average molecular weight is 220 g/mol. The Balaban J connectivity index is 2.12. The third kappa shape index (κ3) is 2.38. The molecule has 1 fully saturated rings. The molecule has 0 heterocycles. The van der Waals surface area contributed by atoms with Crippen LogP contribution in [0.3, 0.4) is 0 Å². The van der Waals surface area contributed by atoms with Gasteiger partial charge >= 0.3 is 0 Å². The molecule has 1 saturated carbocycles. The van der Waals surface area contributed by atoms with E-state index in [0.29, 0.717) is 5.92 Å². The minimum Gasteiger partial charge on any atom is -0.497 e. The molecule has 0 spiro atoms. The molecule has 0 radical (unpaired) electrons. The number of aliphatic hydroxyl groups is 1. The van der Waals surface area contributed by atoms with Crippen LogP contribution in [0.15, 0.2) is 24.3 Å². The third-order valence-electron chi connectivity index (χ3n) is 3.59. The van der Waals surface area contributed by atoms with Gasteiger partial charge in [-0.2, -0.15) is 0 Å². The van der Waals surface area contributed by atoms with Crippen molar-refractivity contribution < 1.29 is 9.84 Å². The highest BCUT2D eigenvalue weighted by Crippen LogP contribution is 2.43. The zero-order chi connectivity index (χ0) is 11.6. The van der Waals surface area contributed by atoms with E-state index in [2.05, 4.69) is 13.0 Å². The normalized spacial score (nSPS) is 19.2. The van der Waals surface area contributed by atoms with Gasteiger partial charge in [-0.05, 0) is 42.9 Å². The minimum atomic E-state index is -0.508. The van der Waals surface area contributed by atoms with Crippen LogP contribution in [0.2, 0.25) is 0 Å². The molecule has 0 bridgehead atoms. The van der Waals surface area contributed by atoms with Gasteiger partial charge in [0.25, 0.3) is 0 Å². The van der Waals surface area contributed by atoms with Crippen LogP contribution in [-0.4, -0.2) is 17.8 Å². The van der Waals surface area contributed by atoms with Crippen molar-refractivity contribution in [2.45, 2.75) is 38.2 Å². The predicted octanol–water partition coefficient (Wildman–Crippen LogP) is 2.79. The van der Waals surface area contributed by atoms with E-state index in [9.17, 15) is 5.11 Å². The topological polar surface area (TPSA) is 29.5 Å². The van der Waals surface area contributed by atoms with Gasteiger partial charge in [0, 0.05) is 6.42 Å². The molecule has 0 saturated heterocycles. The van der Waals surface area contributed by atoms with Crippen molar-refractivity contribution in [1.82, 2.24) is 0 Å². The molecule has 1 unspecified atom stereocenters. The van der Waals surface area contributed by atoms with E-state index in [0.717, 1.165) is 24.2 Å². The lowest BCUT2D eigenvalue weighted by Gasteiger charge is -2.27. The first-order chi connectivity index (χ1) is 7.68. The fourth-order valence-electron chi connectivity index (χ4n) is 2.31. The van der Waals surface area contributed by atoms with E-state index in [4.69, 9.17) is 4.74 Å². The maximum absolute atomic E-state index is 10.5. The van der Waals surface area contributed by atoms with Crippen molar-refractivity contribution >= 4 is 0 Å². The maximum atomic E-state index is 10.5. The van der Waals surface area contributed by atoms with Crippen molar-refractivity contribution in [3.05, 3.63) is 29.8 Å². The Morgan fingerprint density at radius 2 is 2.19 bits per heavy atom. The fraction of sp³-hybridized carbons (Fsp3) is 0.571. The number of ether oxygens (including phenoxy) is 1. The zero-order valence-corrected chi connectivity index (χ0v) is 10.1. The van der Waals surface area contributed by atoms with Crippen molar-refractivity contribution in [1.29, 1.82) is 0 Å². The van der Waals surface area contributed by atoms with Gasteiger partial charge < -0.3 is 9.84 Å². The summed E-state index contributed by atoms with van der Waals surface area (Å²) < 4.78 is 5.20. The summed E-state index contributed by atoms with van der Waals surface area (Å²) >= 11 is 0. The number of benzene rings is 1. The Morgan fingerprint density at radius 3 is 2.75 bits per heavy atom. The van der Waals surface area contributed by atoms with Crippen molar-refractivity contribution in [3.63, 3.8) is 0 Å². The highest BCUT2D eigenvalue weighted by atomic mass is 16.5. The molecular weight excluding hydrogens is 200 g/mol. The van der Waals surface area contributed by atoms with Crippen LogP contribution in [0.5, 0.6) is 5.75 Å². The number of hydrogen-bond donors (Lipinski definition) is 1. The van der Waals surface area contributed by atoms with E-state index >= 15 is 0 Å². The Bertz CT molecular complexity index is 358. The molecule has 1 aliphatic carbocycles. The molecule has 16 heavy (non-hydrogen) atoms. The zero-order valence-electron chi connectivity index (χ0n) is 10.1. The van der Waals surface area contributed by atoms with Crippen LogP contribution in [0.1, 0.15) is 31.7 Å². The highest BCUT2D eigenvalue weighted by molar-refractivity contribution is 5.29. The van der Waals surface area contributed by atoms with Crippen LogP contribution in [0.25, 0.3) is 0 Å². The highest BCUT2D eigenvalue weighted by Gasteiger charge is 2.42. The van der Waals surface area contributed by atoms with Gasteiger partial charge in [0.1, 0.15) is 5.75 Å². The molecule has 1 N–H and O–H groups in total. The van der Waals surface area contributed by atoms with Gasteiger partial charge in [-0.15, -0.1) is 0 Å². The standard InChI is InChI=1S/C14H20O2/c1-3-14(15,12-7-8-12)10-11-5-4-6-13(9-11)16-2/h4-6,9,12,15H,3,7-8,10H2,1-2H3. The van der Waals surface area contributed by atoms with E-state index in [1.165, 1.54) is 12.8 Å². The third-order valence-corrected chi connectivity index (χ3v) is 3.59. The number of methoxy groups -OCH3 is 1. The molecule has 1 aromatic carbocycles. The molecule has 0 aromatic heterocycles. The summed E-state index contributed by atoms with van der Waals surface area (Å²) in [7, 11) is 1.67. The van der Waals surface area contributed by atoms with Crippen LogP contribution in [-0.2, 0) is 6.42 Å². The van der Waals surface area contributed by atoms with Crippen LogP contribution >= 0.6 is 0 Å². The lowest BCUT2D eigenvalue weighted by atomic mass is 9.87. The smallest absolute Gasteiger partial charge is 0.119 e. The Kier molecular flexibility index (Phi) is 3.20. The summed E-state index contributed by atoms with van der Waals surface area (Å²) in [5, 5.41) is 10.5. The number of hydrogen-bond acceptors (Lipinski definition) is 2. The Morgan fingerprint density at radius 1 is 1.44 bits per heavy atom. The first kappa shape index (κ1) is 11.5. The lowest BCUT2D eigenvalue weighted by molar-refractivity contribution is 0.0139. The van der Waals surface area contributed by atoms with Crippen molar-refractivity contribution in [2.75, 3.05) is 7.11 Å². The van der Waals surface area contributed by atoms with Gasteiger partial charge in [-0.1, -0.05) is 19.1 Å². The summed E-state index contributed by atoms with van der Waals surface area (Å²) in [5.74, 6) is 1.37. The Hall–Kier alpha value is -1.02. The van der Waals surface area contributed by atoms with Crippen molar-refractivity contribution in [3.8, 4) is 5.75 Å². The second-order valence-corrected chi connectivity index (χ2v) is 4.76. The van der Waals surface area contributed by atoms with Crippen LogP contribution in [0.4, 0.5) is 0 Å². The van der Waals surface area contributed by atoms with Gasteiger partial charge in [0.2, 0.25) is 0 Å². The first-order valence-electron chi connectivity index (χ1n) is 6.03. The summed E-state index contributed by atoms with van der Waals surface area (Å²) in [6, 6.07) is 8.00. The van der Waals surface area contributed by atoms with E-state index in [-0.39, 0.29) is 0 Å². The summed E-state index contributed by atoms with van der Waals surface area (Å²) in [5.41, 5.74) is 0.655. The SMILES string of the molecule is CCC(O)(Cc1cccc(OC)c1)C1CC1. The monoisotopic (exact) mass is 220 g/mol. The van der Waals surface area contributed by atoms with Crippen molar-refractivity contribution in [2.24, 2.45) is 5.92 Å². The summed E-state index contributed by atoms with van der Waals surface area (Å²) in [4.78, 5) is 0. The molecule has 2 nitrogen and oxygen atoms in total. The van der Waals surface area contributed by atoms with Gasteiger partial charge in [0.15, 0.2) is 0 Å². The average Bonchev–Trinajstić information content (AvgIpc) is 3.13. The molecule has 1 aromatic rings. The first-order valence-corrected chi connectivity index (χ1v) is 6.03. The second kappa shape index (κ2) is 4.46. The molecule has 0 aliphatic heterocycles. The molecule has 2 heteroatoms. The van der Waals surface area contributed by atoms with Crippen LogP contribution < -0.4 is 4.74 Å². The van der Waals surface area contributed by atoms with Crippen LogP contribution in [0, 0.1) is 5.92 Å². The molecule has 88 valence electrons. The largest absolute Gasteiger partial charge is 0.497 e. The van der Waals surface area contributed by atoms with Gasteiger partial charge in [-0.3, -0.25) is 0 Å². The van der Waals surface area contributed by atoms with Gasteiger partial charge in [0.05, 0.1) is 12.7 Å². The molecule has 1 aliphatic rings. The summed E-state index contributed by atoms with van der Waals surface area (Å²) in [6.07, 6.45) is 3.92. The predicted molar refractivity (Wildman–Crippen MR) is 64.7 cm³/mol. The number of rotatable bonds is 5. The Labute approximate surface area is 97.3 Å². The lowest BCUT2D eigenvalue weighted by Crippen LogP contribution is -2.33. The minimum absolute atomic E-state index is 0.503.